The molecule has 1 heterocycles. The summed E-state index contributed by atoms with van der Waals surface area (Å²) in [4.78, 5) is 0.113. The minimum atomic E-state index is -3.59. The van der Waals surface area contributed by atoms with Crippen molar-refractivity contribution in [1.29, 1.82) is 0 Å². The molecule has 1 aliphatic heterocycles. The van der Waals surface area contributed by atoms with Crippen LogP contribution in [0.2, 0.25) is 0 Å². The summed E-state index contributed by atoms with van der Waals surface area (Å²) >= 11 is 0. The highest BCUT2D eigenvalue weighted by Crippen LogP contribution is 2.25. The summed E-state index contributed by atoms with van der Waals surface area (Å²) in [6.07, 6.45) is 0. The Morgan fingerprint density at radius 1 is 1.21 bits per heavy atom. The van der Waals surface area contributed by atoms with E-state index in [2.05, 4.69) is 5.43 Å². The van der Waals surface area contributed by atoms with Crippen LogP contribution in [0, 0.1) is 0 Å². The van der Waals surface area contributed by atoms with E-state index in [-0.39, 0.29) is 4.90 Å². The SMILES string of the molecule is NS(=O)(=O)c1ccc([N-]N2CC2)cc1. The fourth-order valence-electron chi connectivity index (χ4n) is 1.01. The second-order valence-corrected chi connectivity index (χ2v) is 4.65. The summed E-state index contributed by atoms with van der Waals surface area (Å²) in [5.74, 6) is 0. The molecule has 0 aliphatic carbocycles. The number of nitrogens with two attached hydrogens (primary N) is 1. The number of sulfonamides is 1. The average Bonchev–Trinajstić information content (AvgIpc) is 2.88. The molecule has 2 rings (SSSR count). The van der Waals surface area contributed by atoms with Gasteiger partial charge in [-0.2, -0.15) is 0 Å². The maximum Gasteiger partial charge on any atom is 0.238 e. The van der Waals surface area contributed by atoms with Crippen LogP contribution in [0.25, 0.3) is 5.43 Å². The monoisotopic (exact) mass is 212 g/mol. The highest BCUT2D eigenvalue weighted by Gasteiger charge is 2.07. The van der Waals surface area contributed by atoms with Crippen LogP contribution < -0.4 is 5.14 Å². The normalized spacial score (nSPS) is 16.6. The number of hydrogen-bond acceptors (Lipinski definition) is 3. The van der Waals surface area contributed by atoms with E-state index < -0.39 is 10.0 Å². The Bertz CT molecular complexity index is 422. The summed E-state index contributed by atoms with van der Waals surface area (Å²) in [7, 11) is -3.59. The molecule has 0 atom stereocenters. The molecule has 2 N–H and O–H groups in total. The van der Waals surface area contributed by atoms with Gasteiger partial charge in [-0.1, -0.05) is 12.1 Å². The second kappa shape index (κ2) is 3.23. The average molecular weight is 212 g/mol. The Kier molecular flexibility index (Phi) is 2.18. The molecule has 0 spiro atoms. The largest absolute Gasteiger partial charge is 0.620 e. The van der Waals surface area contributed by atoms with Crippen LogP contribution in [0.3, 0.4) is 0 Å². The van der Waals surface area contributed by atoms with Crippen molar-refractivity contribution in [2.75, 3.05) is 13.1 Å². The lowest BCUT2D eigenvalue weighted by atomic mass is 10.3. The highest BCUT2D eigenvalue weighted by molar-refractivity contribution is 7.89. The zero-order valence-corrected chi connectivity index (χ0v) is 8.24. The molecule has 0 saturated carbocycles. The highest BCUT2D eigenvalue weighted by atomic mass is 32.2. The lowest BCUT2D eigenvalue weighted by molar-refractivity contribution is 0.598. The predicted molar refractivity (Wildman–Crippen MR) is 52.4 cm³/mol. The molecule has 5 nitrogen and oxygen atoms in total. The van der Waals surface area contributed by atoms with Crippen LogP contribution in [0.5, 0.6) is 0 Å². The van der Waals surface area contributed by atoms with E-state index >= 15 is 0 Å². The molecule has 14 heavy (non-hydrogen) atoms. The third-order valence-corrected chi connectivity index (χ3v) is 2.77. The molecule has 1 aromatic rings. The van der Waals surface area contributed by atoms with E-state index in [4.69, 9.17) is 5.14 Å². The van der Waals surface area contributed by atoms with Gasteiger partial charge in [-0.15, -0.1) is 5.69 Å². The van der Waals surface area contributed by atoms with Gasteiger partial charge >= 0.3 is 0 Å². The van der Waals surface area contributed by atoms with Crippen LogP contribution in [0.15, 0.2) is 29.2 Å². The van der Waals surface area contributed by atoms with Gasteiger partial charge in [0.15, 0.2) is 0 Å². The van der Waals surface area contributed by atoms with Gasteiger partial charge in [-0.3, -0.25) is 0 Å². The van der Waals surface area contributed by atoms with Gasteiger partial charge in [0, 0.05) is 0 Å². The summed E-state index contributed by atoms with van der Waals surface area (Å²) < 4.78 is 21.8. The molecule has 0 bridgehead atoms. The summed E-state index contributed by atoms with van der Waals surface area (Å²) in [5, 5.41) is 6.83. The van der Waals surface area contributed by atoms with Crippen molar-refractivity contribution in [2.45, 2.75) is 4.90 Å². The molecular weight excluding hydrogens is 202 g/mol. The van der Waals surface area contributed by atoms with E-state index in [1.807, 2.05) is 5.01 Å². The zero-order valence-electron chi connectivity index (χ0n) is 7.42. The third kappa shape index (κ3) is 2.22. The Hall–Kier alpha value is -1.11. The van der Waals surface area contributed by atoms with Crippen molar-refractivity contribution in [3.8, 4) is 0 Å². The first-order chi connectivity index (χ1) is 6.55. The van der Waals surface area contributed by atoms with Gasteiger partial charge in [0.2, 0.25) is 10.0 Å². The Balaban J connectivity index is 2.16. The maximum absolute atomic E-state index is 10.9. The quantitative estimate of drug-likeness (QED) is 0.744. The van der Waals surface area contributed by atoms with Gasteiger partial charge in [0.1, 0.15) is 0 Å². The Labute approximate surface area is 82.5 Å². The molecule has 0 radical (unpaired) electrons. The minimum Gasteiger partial charge on any atom is -0.620 e. The number of benzene rings is 1. The number of hydrogen-bond donors (Lipinski definition) is 1. The van der Waals surface area contributed by atoms with E-state index in [0.29, 0.717) is 0 Å². The predicted octanol–water partition coefficient (Wildman–Crippen LogP) is 0.570. The smallest absolute Gasteiger partial charge is 0.238 e. The van der Waals surface area contributed by atoms with Crippen LogP contribution in [0.4, 0.5) is 5.69 Å². The second-order valence-electron chi connectivity index (χ2n) is 3.09. The molecule has 0 amide bonds. The maximum atomic E-state index is 10.9. The van der Waals surface area contributed by atoms with E-state index in [1.165, 1.54) is 12.1 Å². The van der Waals surface area contributed by atoms with Gasteiger partial charge < -0.3 is 10.4 Å². The van der Waals surface area contributed by atoms with Crippen molar-refractivity contribution in [3.05, 3.63) is 29.7 Å². The minimum absolute atomic E-state index is 0.113. The lowest BCUT2D eigenvalue weighted by Crippen LogP contribution is -2.11. The van der Waals surface area contributed by atoms with E-state index in [9.17, 15) is 8.42 Å². The summed E-state index contributed by atoms with van der Waals surface area (Å²) in [6.45, 7) is 1.94. The van der Waals surface area contributed by atoms with E-state index in [1.54, 1.807) is 12.1 Å². The molecular formula is C8H10N3O2S-. The molecule has 1 saturated heterocycles. The first-order valence-corrected chi connectivity index (χ1v) is 5.70. The Morgan fingerprint density at radius 3 is 2.21 bits per heavy atom. The van der Waals surface area contributed by atoms with Gasteiger partial charge in [0.05, 0.1) is 4.90 Å². The number of primary sulfonamides is 1. The van der Waals surface area contributed by atoms with Crippen molar-refractivity contribution >= 4 is 15.7 Å². The van der Waals surface area contributed by atoms with Gasteiger partial charge in [0.25, 0.3) is 0 Å². The molecule has 6 heteroatoms. The van der Waals surface area contributed by atoms with Gasteiger partial charge in [-0.25, -0.2) is 13.6 Å². The standard InChI is InChI=1S/C8H10N3O2S/c9-14(12,13)8-3-1-7(2-4-8)10-11-5-6-11/h1-4H,5-6H2,(H2,9,12,13)/q-1. The fourth-order valence-corrected chi connectivity index (χ4v) is 1.53. The topological polar surface area (TPSA) is 77.3 Å². The van der Waals surface area contributed by atoms with Crippen molar-refractivity contribution in [1.82, 2.24) is 5.01 Å². The number of nitrogens with zero attached hydrogens (tertiary/aromatic N) is 2. The van der Waals surface area contributed by atoms with E-state index in [0.717, 1.165) is 18.8 Å². The van der Waals surface area contributed by atoms with Crippen molar-refractivity contribution < 1.29 is 8.42 Å². The molecule has 0 unspecified atom stereocenters. The molecule has 1 aliphatic rings. The third-order valence-electron chi connectivity index (χ3n) is 1.85. The van der Waals surface area contributed by atoms with Gasteiger partial charge in [-0.05, 0) is 25.2 Å². The van der Waals surface area contributed by atoms with Crippen molar-refractivity contribution in [3.63, 3.8) is 0 Å². The Morgan fingerprint density at radius 2 is 1.79 bits per heavy atom. The summed E-state index contributed by atoms with van der Waals surface area (Å²) in [6, 6.07) is 6.19. The lowest BCUT2D eigenvalue weighted by Gasteiger charge is -2.22. The molecule has 1 aromatic carbocycles. The van der Waals surface area contributed by atoms with Crippen LogP contribution in [-0.2, 0) is 10.0 Å². The fraction of sp³-hybridized carbons (Fsp3) is 0.250. The van der Waals surface area contributed by atoms with Crippen LogP contribution in [-0.4, -0.2) is 26.5 Å². The first kappa shape index (κ1) is 9.45. The number of rotatable bonds is 3. The zero-order chi connectivity index (χ0) is 10.2. The first-order valence-electron chi connectivity index (χ1n) is 4.15. The van der Waals surface area contributed by atoms with Crippen molar-refractivity contribution in [2.24, 2.45) is 5.14 Å². The van der Waals surface area contributed by atoms with Crippen LogP contribution in [0.1, 0.15) is 0 Å². The molecule has 76 valence electrons. The van der Waals surface area contributed by atoms with Crippen LogP contribution >= 0.6 is 0 Å². The molecule has 1 fully saturated rings. The molecule has 0 aromatic heterocycles. The summed E-state index contributed by atoms with van der Waals surface area (Å²) in [5.41, 5.74) is 4.94.